The second kappa shape index (κ2) is 6.21. The highest BCUT2D eigenvalue weighted by molar-refractivity contribution is 4.85. The molecule has 0 spiro atoms. The van der Waals surface area contributed by atoms with Gasteiger partial charge in [0.1, 0.15) is 0 Å². The lowest BCUT2D eigenvalue weighted by Crippen LogP contribution is -2.18. The van der Waals surface area contributed by atoms with Crippen molar-refractivity contribution >= 4 is 0 Å². The Kier molecular flexibility index (Phi) is 5.04. The second-order valence-corrected chi connectivity index (χ2v) is 3.26. The molecule has 0 radical (unpaired) electrons. The molecule has 2 nitrogen and oxygen atoms in total. The number of ether oxygens (including phenoxy) is 1. The summed E-state index contributed by atoms with van der Waals surface area (Å²) in [6.45, 7) is 1.36. The van der Waals surface area contributed by atoms with E-state index in [1.54, 1.807) is 0 Å². The Labute approximate surface area is 74.8 Å². The van der Waals surface area contributed by atoms with Gasteiger partial charge in [0.2, 0.25) is 0 Å². The van der Waals surface area contributed by atoms with Gasteiger partial charge < -0.3 is 10.5 Å². The molecule has 0 saturated heterocycles. The van der Waals surface area contributed by atoms with E-state index >= 15 is 0 Å². The van der Waals surface area contributed by atoms with Gasteiger partial charge in [-0.1, -0.05) is 12.2 Å². The van der Waals surface area contributed by atoms with Crippen molar-refractivity contribution in [1.82, 2.24) is 0 Å². The van der Waals surface area contributed by atoms with Crippen LogP contribution in [0.15, 0.2) is 12.2 Å². The van der Waals surface area contributed by atoms with Gasteiger partial charge in [-0.3, -0.25) is 0 Å². The van der Waals surface area contributed by atoms with Crippen LogP contribution in [-0.2, 0) is 4.74 Å². The summed E-state index contributed by atoms with van der Waals surface area (Å²) in [7, 11) is 0. The summed E-state index contributed by atoms with van der Waals surface area (Å²) in [5.41, 5.74) is 5.38. The standard InChI is InChI=1S/C10H19NO/c11-8-9-12-10-6-4-2-1-3-5-7-10/h1-2,10H,3-9,11H2/b2-1-/t10-/m1/s1. The van der Waals surface area contributed by atoms with E-state index < -0.39 is 0 Å². The zero-order chi connectivity index (χ0) is 8.65. The molecule has 0 heterocycles. The minimum atomic E-state index is 0.457. The van der Waals surface area contributed by atoms with Gasteiger partial charge in [-0.15, -0.1) is 0 Å². The Morgan fingerprint density at radius 3 is 2.92 bits per heavy atom. The zero-order valence-corrected chi connectivity index (χ0v) is 7.67. The number of hydrogen-bond acceptors (Lipinski definition) is 2. The summed E-state index contributed by atoms with van der Waals surface area (Å²) in [6, 6.07) is 0. The molecule has 1 rings (SSSR count). The maximum Gasteiger partial charge on any atom is 0.0592 e. The van der Waals surface area contributed by atoms with Crippen molar-refractivity contribution in [3.8, 4) is 0 Å². The highest BCUT2D eigenvalue weighted by atomic mass is 16.5. The number of nitrogens with two attached hydrogens (primary N) is 1. The molecule has 12 heavy (non-hydrogen) atoms. The van der Waals surface area contributed by atoms with Crippen LogP contribution in [0.25, 0.3) is 0 Å². The van der Waals surface area contributed by atoms with Crippen molar-refractivity contribution in [1.29, 1.82) is 0 Å². The second-order valence-electron chi connectivity index (χ2n) is 3.26. The zero-order valence-electron chi connectivity index (χ0n) is 7.67. The average Bonchev–Trinajstić information content (AvgIpc) is 2.02. The predicted octanol–water partition coefficient (Wildman–Crippen LogP) is 1.85. The molecule has 70 valence electrons. The van der Waals surface area contributed by atoms with Crippen LogP contribution >= 0.6 is 0 Å². The number of rotatable bonds is 3. The largest absolute Gasteiger partial charge is 0.377 e. The predicted molar refractivity (Wildman–Crippen MR) is 51.0 cm³/mol. The van der Waals surface area contributed by atoms with Crippen molar-refractivity contribution in [3.63, 3.8) is 0 Å². The van der Waals surface area contributed by atoms with Gasteiger partial charge in [-0.25, -0.2) is 0 Å². The summed E-state index contributed by atoms with van der Waals surface area (Å²) < 4.78 is 5.61. The van der Waals surface area contributed by atoms with Crippen LogP contribution in [0.5, 0.6) is 0 Å². The topological polar surface area (TPSA) is 35.2 Å². The maximum atomic E-state index is 5.61. The van der Waals surface area contributed by atoms with Gasteiger partial charge in [0.15, 0.2) is 0 Å². The summed E-state index contributed by atoms with van der Waals surface area (Å²) in [6.07, 6.45) is 11.0. The summed E-state index contributed by atoms with van der Waals surface area (Å²) in [5.74, 6) is 0. The molecular formula is C10H19NO. The van der Waals surface area contributed by atoms with E-state index in [0.29, 0.717) is 19.3 Å². The van der Waals surface area contributed by atoms with Gasteiger partial charge in [-0.2, -0.15) is 0 Å². The minimum absolute atomic E-state index is 0.457. The Morgan fingerprint density at radius 2 is 2.08 bits per heavy atom. The van der Waals surface area contributed by atoms with Gasteiger partial charge in [0.05, 0.1) is 12.7 Å². The molecule has 0 aromatic rings. The van der Waals surface area contributed by atoms with Crippen LogP contribution in [0.4, 0.5) is 0 Å². The molecule has 0 amide bonds. The minimum Gasteiger partial charge on any atom is -0.377 e. The van der Waals surface area contributed by atoms with E-state index in [0.717, 1.165) is 12.8 Å². The third kappa shape index (κ3) is 3.88. The van der Waals surface area contributed by atoms with Crippen LogP contribution in [-0.4, -0.2) is 19.3 Å². The lowest BCUT2D eigenvalue weighted by atomic mass is 10.0. The van der Waals surface area contributed by atoms with Gasteiger partial charge in [0, 0.05) is 6.54 Å². The first kappa shape index (κ1) is 9.75. The smallest absolute Gasteiger partial charge is 0.0592 e. The normalized spacial score (nSPS) is 27.6. The molecule has 0 aromatic heterocycles. The van der Waals surface area contributed by atoms with Gasteiger partial charge in [0.25, 0.3) is 0 Å². The lowest BCUT2D eigenvalue weighted by Gasteiger charge is -2.17. The molecular weight excluding hydrogens is 150 g/mol. The van der Waals surface area contributed by atoms with Crippen molar-refractivity contribution < 1.29 is 4.74 Å². The molecule has 1 aliphatic carbocycles. The van der Waals surface area contributed by atoms with Crippen LogP contribution in [0.1, 0.15) is 32.1 Å². The van der Waals surface area contributed by atoms with E-state index in [1.165, 1.54) is 19.3 Å². The fourth-order valence-electron chi connectivity index (χ4n) is 1.53. The van der Waals surface area contributed by atoms with Crippen LogP contribution in [0.2, 0.25) is 0 Å². The van der Waals surface area contributed by atoms with E-state index in [1.807, 2.05) is 0 Å². The first-order valence-electron chi connectivity index (χ1n) is 4.90. The van der Waals surface area contributed by atoms with E-state index in [4.69, 9.17) is 10.5 Å². The molecule has 0 saturated carbocycles. The summed E-state index contributed by atoms with van der Waals surface area (Å²) in [5, 5.41) is 0. The molecule has 2 heteroatoms. The fraction of sp³-hybridized carbons (Fsp3) is 0.800. The molecule has 1 aliphatic rings. The van der Waals surface area contributed by atoms with E-state index in [2.05, 4.69) is 12.2 Å². The van der Waals surface area contributed by atoms with Gasteiger partial charge in [-0.05, 0) is 32.1 Å². The lowest BCUT2D eigenvalue weighted by molar-refractivity contribution is 0.0457. The number of hydrogen-bond donors (Lipinski definition) is 1. The van der Waals surface area contributed by atoms with Crippen LogP contribution < -0.4 is 5.73 Å². The Balaban J connectivity index is 2.18. The van der Waals surface area contributed by atoms with Crippen LogP contribution in [0, 0.1) is 0 Å². The number of allylic oxidation sites excluding steroid dienone is 2. The van der Waals surface area contributed by atoms with Gasteiger partial charge >= 0.3 is 0 Å². The first-order valence-corrected chi connectivity index (χ1v) is 4.90. The third-order valence-electron chi connectivity index (χ3n) is 2.19. The summed E-state index contributed by atoms with van der Waals surface area (Å²) in [4.78, 5) is 0. The third-order valence-corrected chi connectivity index (χ3v) is 2.19. The molecule has 0 fully saturated rings. The first-order chi connectivity index (χ1) is 5.93. The summed E-state index contributed by atoms with van der Waals surface area (Å²) >= 11 is 0. The average molecular weight is 169 g/mol. The Hall–Kier alpha value is -0.340. The van der Waals surface area contributed by atoms with E-state index in [-0.39, 0.29) is 0 Å². The molecule has 0 aromatic carbocycles. The SMILES string of the molecule is NCCO[C@@H]1CC/C=C\CCC1. The highest BCUT2D eigenvalue weighted by Crippen LogP contribution is 2.14. The fourth-order valence-corrected chi connectivity index (χ4v) is 1.53. The van der Waals surface area contributed by atoms with E-state index in [9.17, 15) is 0 Å². The van der Waals surface area contributed by atoms with Crippen molar-refractivity contribution in [2.45, 2.75) is 38.2 Å². The molecule has 1 atom stereocenters. The Morgan fingerprint density at radius 1 is 1.25 bits per heavy atom. The monoisotopic (exact) mass is 169 g/mol. The molecule has 0 aliphatic heterocycles. The maximum absolute atomic E-state index is 5.61. The van der Waals surface area contributed by atoms with Crippen molar-refractivity contribution in [2.75, 3.05) is 13.2 Å². The van der Waals surface area contributed by atoms with Crippen LogP contribution in [0.3, 0.4) is 0 Å². The van der Waals surface area contributed by atoms with Crippen molar-refractivity contribution in [2.24, 2.45) is 5.73 Å². The highest BCUT2D eigenvalue weighted by Gasteiger charge is 2.08. The van der Waals surface area contributed by atoms with Crippen molar-refractivity contribution in [3.05, 3.63) is 12.2 Å². The molecule has 2 N–H and O–H groups in total. The Bertz CT molecular complexity index is 134. The quantitative estimate of drug-likeness (QED) is 0.654. The molecule has 0 bridgehead atoms. The molecule has 0 unspecified atom stereocenters.